The second-order valence-corrected chi connectivity index (χ2v) is 12.4. The van der Waals surface area contributed by atoms with E-state index in [-0.39, 0.29) is 23.4 Å². The van der Waals surface area contributed by atoms with Crippen molar-refractivity contribution in [2.24, 2.45) is 0 Å². The predicted molar refractivity (Wildman–Crippen MR) is 160 cm³/mol. The number of para-hydroxylation sites is 1. The van der Waals surface area contributed by atoms with Gasteiger partial charge in [0.15, 0.2) is 0 Å². The molecule has 4 rings (SSSR count). The lowest BCUT2D eigenvalue weighted by Crippen LogP contribution is -2.52. The molecule has 0 spiro atoms. The number of rotatable bonds is 12. The van der Waals surface area contributed by atoms with E-state index in [1.54, 1.807) is 67.6 Å². The molecule has 218 valence electrons. The summed E-state index contributed by atoms with van der Waals surface area (Å²) in [6.45, 7) is 3.55. The Morgan fingerprint density at radius 3 is 2.32 bits per heavy atom. The minimum atomic E-state index is -4.15. The molecule has 0 saturated heterocycles. The Labute approximate surface area is 247 Å². The molecule has 3 aromatic carbocycles. The monoisotopic (exact) mass is 597 g/mol. The first-order chi connectivity index (χ1) is 19.7. The Morgan fingerprint density at radius 1 is 1.00 bits per heavy atom. The van der Waals surface area contributed by atoms with Gasteiger partial charge in [-0.25, -0.2) is 8.42 Å². The third-order valence-electron chi connectivity index (χ3n) is 7.16. The van der Waals surface area contributed by atoms with Crippen LogP contribution in [0.4, 0.5) is 5.69 Å². The summed E-state index contributed by atoms with van der Waals surface area (Å²) >= 11 is 6.21. The minimum absolute atomic E-state index is 0.0195. The van der Waals surface area contributed by atoms with Crippen LogP contribution in [0.5, 0.6) is 5.75 Å². The van der Waals surface area contributed by atoms with Gasteiger partial charge in [-0.3, -0.25) is 13.9 Å². The number of nitrogens with one attached hydrogen (secondary N) is 1. The van der Waals surface area contributed by atoms with Gasteiger partial charge < -0.3 is 15.0 Å². The van der Waals surface area contributed by atoms with Crippen LogP contribution in [0.2, 0.25) is 5.02 Å². The smallest absolute Gasteiger partial charge is 0.264 e. The molecular weight excluding hydrogens is 562 g/mol. The average molecular weight is 598 g/mol. The van der Waals surface area contributed by atoms with E-state index in [0.717, 1.165) is 35.6 Å². The molecule has 1 N–H and O–H groups in total. The molecule has 1 aliphatic rings. The summed E-state index contributed by atoms with van der Waals surface area (Å²) in [4.78, 5) is 28.7. The highest BCUT2D eigenvalue weighted by Gasteiger charge is 2.33. The first-order valence-corrected chi connectivity index (χ1v) is 15.7. The van der Waals surface area contributed by atoms with Crippen LogP contribution < -0.4 is 14.4 Å². The fourth-order valence-corrected chi connectivity index (χ4v) is 6.56. The Bertz CT molecular complexity index is 1430. The zero-order chi connectivity index (χ0) is 29.4. The zero-order valence-electron chi connectivity index (χ0n) is 23.3. The number of carbonyl (C=O) groups is 2. The molecule has 0 radical (unpaired) electrons. The summed E-state index contributed by atoms with van der Waals surface area (Å²) < 4.78 is 34.4. The van der Waals surface area contributed by atoms with E-state index in [2.05, 4.69) is 5.32 Å². The zero-order valence-corrected chi connectivity index (χ0v) is 24.9. The van der Waals surface area contributed by atoms with Crippen molar-refractivity contribution in [1.29, 1.82) is 0 Å². The molecule has 41 heavy (non-hydrogen) atoms. The van der Waals surface area contributed by atoms with Crippen molar-refractivity contribution in [2.45, 2.75) is 63.1 Å². The molecule has 3 aromatic rings. The molecule has 1 atom stereocenters. The van der Waals surface area contributed by atoms with Gasteiger partial charge in [0.1, 0.15) is 18.3 Å². The minimum Gasteiger partial charge on any atom is -0.494 e. The molecule has 0 heterocycles. The van der Waals surface area contributed by atoms with Crippen LogP contribution in [0.1, 0.15) is 45.1 Å². The summed E-state index contributed by atoms with van der Waals surface area (Å²) in [5.74, 6) is -0.242. The van der Waals surface area contributed by atoms with Crippen LogP contribution in [-0.2, 0) is 26.2 Å². The van der Waals surface area contributed by atoms with E-state index in [1.807, 2.05) is 13.0 Å². The first kappa shape index (κ1) is 30.4. The van der Waals surface area contributed by atoms with E-state index in [1.165, 1.54) is 17.0 Å². The number of ether oxygens (including phenoxy) is 1. The number of sulfonamides is 1. The number of halogens is 1. The Morgan fingerprint density at radius 2 is 1.68 bits per heavy atom. The summed E-state index contributed by atoms with van der Waals surface area (Å²) in [6, 6.07) is 20.8. The van der Waals surface area contributed by atoms with Gasteiger partial charge >= 0.3 is 0 Å². The molecule has 1 aliphatic carbocycles. The van der Waals surface area contributed by atoms with Crippen molar-refractivity contribution in [3.8, 4) is 5.75 Å². The maximum absolute atomic E-state index is 14.0. The second-order valence-electron chi connectivity index (χ2n) is 10.1. The molecule has 0 aliphatic heterocycles. The highest BCUT2D eigenvalue weighted by atomic mass is 35.5. The van der Waals surface area contributed by atoms with Gasteiger partial charge in [0.05, 0.1) is 17.2 Å². The van der Waals surface area contributed by atoms with Crippen LogP contribution in [0.3, 0.4) is 0 Å². The van der Waals surface area contributed by atoms with Gasteiger partial charge in [0.25, 0.3) is 10.0 Å². The van der Waals surface area contributed by atoms with E-state index >= 15 is 0 Å². The number of hydrogen-bond donors (Lipinski definition) is 1. The van der Waals surface area contributed by atoms with Crippen molar-refractivity contribution >= 4 is 39.1 Å². The van der Waals surface area contributed by atoms with Crippen LogP contribution in [0.15, 0.2) is 83.8 Å². The topological polar surface area (TPSA) is 96.0 Å². The fraction of sp³-hybridized carbons (Fsp3) is 0.355. The third kappa shape index (κ3) is 7.80. The maximum Gasteiger partial charge on any atom is 0.264 e. The van der Waals surface area contributed by atoms with Gasteiger partial charge in [-0.1, -0.05) is 54.8 Å². The van der Waals surface area contributed by atoms with Crippen molar-refractivity contribution in [3.63, 3.8) is 0 Å². The Balaban J connectivity index is 1.66. The normalized spacial score (nSPS) is 14.3. The van der Waals surface area contributed by atoms with E-state index in [0.29, 0.717) is 23.1 Å². The predicted octanol–water partition coefficient (Wildman–Crippen LogP) is 5.41. The summed E-state index contributed by atoms with van der Waals surface area (Å²) in [5.41, 5.74) is 1.06. The Kier molecular flexibility index (Phi) is 10.3. The quantitative estimate of drug-likeness (QED) is 0.301. The number of amides is 2. The van der Waals surface area contributed by atoms with E-state index < -0.39 is 28.5 Å². The number of hydrogen-bond acceptors (Lipinski definition) is 5. The largest absolute Gasteiger partial charge is 0.494 e. The summed E-state index contributed by atoms with van der Waals surface area (Å²) in [7, 11) is -4.15. The van der Waals surface area contributed by atoms with Crippen molar-refractivity contribution in [2.75, 3.05) is 17.5 Å². The number of anilines is 1. The maximum atomic E-state index is 14.0. The standard InChI is InChI=1S/C31H36ClN3O5S/c1-3-40-28-16-18-29(19-17-28)41(38,39)35(27-14-5-4-6-15-27)22-30(36)34(21-24-10-9-11-25(32)20-24)23(2)31(37)33-26-12-7-8-13-26/h4-6,9-11,14-20,23,26H,3,7-8,12-13,21-22H2,1-2H3,(H,33,37)/t23-/m0/s1. The molecule has 0 unspecified atom stereocenters. The summed E-state index contributed by atoms with van der Waals surface area (Å²) in [6.07, 6.45) is 3.92. The Hall–Kier alpha value is -3.56. The SMILES string of the molecule is CCOc1ccc(S(=O)(=O)N(CC(=O)N(Cc2cccc(Cl)c2)[C@@H](C)C(=O)NC2CCCC2)c2ccccc2)cc1. The van der Waals surface area contributed by atoms with Crippen LogP contribution in [0.25, 0.3) is 0 Å². The third-order valence-corrected chi connectivity index (χ3v) is 9.18. The lowest BCUT2D eigenvalue weighted by Gasteiger charge is -2.32. The molecule has 2 amide bonds. The highest BCUT2D eigenvalue weighted by molar-refractivity contribution is 7.92. The van der Waals surface area contributed by atoms with Gasteiger partial charge in [-0.15, -0.1) is 0 Å². The van der Waals surface area contributed by atoms with E-state index in [9.17, 15) is 18.0 Å². The number of nitrogens with zero attached hydrogens (tertiary/aromatic N) is 2. The van der Waals surface area contributed by atoms with Gasteiger partial charge in [0.2, 0.25) is 11.8 Å². The van der Waals surface area contributed by atoms with Gasteiger partial charge in [0, 0.05) is 17.6 Å². The first-order valence-electron chi connectivity index (χ1n) is 13.8. The van der Waals surface area contributed by atoms with Crippen molar-refractivity contribution < 1.29 is 22.7 Å². The van der Waals surface area contributed by atoms with Gasteiger partial charge in [-0.05, 0) is 80.8 Å². The summed E-state index contributed by atoms with van der Waals surface area (Å²) in [5, 5.41) is 3.57. The second kappa shape index (κ2) is 13.9. The molecule has 8 nitrogen and oxygen atoms in total. The fourth-order valence-electron chi connectivity index (χ4n) is 4.93. The van der Waals surface area contributed by atoms with Crippen molar-refractivity contribution in [1.82, 2.24) is 10.2 Å². The highest BCUT2D eigenvalue weighted by Crippen LogP contribution is 2.26. The molecule has 10 heteroatoms. The number of benzene rings is 3. The van der Waals surface area contributed by atoms with Crippen LogP contribution in [-0.4, -0.2) is 50.4 Å². The molecule has 1 saturated carbocycles. The molecule has 0 aromatic heterocycles. The number of carbonyl (C=O) groups excluding carboxylic acids is 2. The van der Waals surface area contributed by atoms with Crippen LogP contribution >= 0.6 is 11.6 Å². The molecule has 1 fully saturated rings. The van der Waals surface area contributed by atoms with Crippen molar-refractivity contribution in [3.05, 3.63) is 89.4 Å². The van der Waals surface area contributed by atoms with Crippen LogP contribution in [0, 0.1) is 0 Å². The lowest BCUT2D eigenvalue weighted by molar-refractivity contribution is -0.139. The van der Waals surface area contributed by atoms with Gasteiger partial charge in [-0.2, -0.15) is 0 Å². The molecule has 0 bridgehead atoms. The lowest BCUT2D eigenvalue weighted by atomic mass is 10.1. The average Bonchev–Trinajstić information content (AvgIpc) is 3.48. The van der Waals surface area contributed by atoms with E-state index in [4.69, 9.17) is 16.3 Å². The molecular formula is C31H36ClN3O5S.